The average molecular weight is 387 g/mol. The van der Waals surface area contributed by atoms with Gasteiger partial charge in [-0.3, -0.25) is 4.79 Å². The van der Waals surface area contributed by atoms with Crippen LogP contribution in [0, 0.1) is 0 Å². The quantitative estimate of drug-likeness (QED) is 0.563. The zero-order valence-corrected chi connectivity index (χ0v) is 13.9. The van der Waals surface area contributed by atoms with Crippen LogP contribution < -0.4 is 14.8 Å². The number of anilines is 1. The lowest BCUT2D eigenvalue weighted by molar-refractivity contribution is -0.137. The summed E-state index contributed by atoms with van der Waals surface area (Å²) in [6.07, 6.45) is -2.31. The fraction of sp³-hybridized carbons (Fsp3) is 0.167. The number of methoxy groups -OCH3 is 1. The van der Waals surface area contributed by atoms with Crippen LogP contribution in [-0.4, -0.2) is 19.6 Å². The van der Waals surface area contributed by atoms with Gasteiger partial charge in [0.15, 0.2) is 11.5 Å². The first-order valence-electron chi connectivity index (χ1n) is 7.49. The van der Waals surface area contributed by atoms with E-state index in [4.69, 9.17) is 4.74 Å². The molecule has 0 saturated heterocycles. The minimum atomic E-state index is -4.61. The molecule has 27 heavy (non-hydrogen) atoms. The molecule has 0 fully saturated rings. The molecule has 0 aliphatic carbocycles. The highest BCUT2D eigenvalue weighted by Gasteiger charge is 2.33. The molecule has 0 unspecified atom stereocenters. The van der Waals surface area contributed by atoms with Crippen LogP contribution in [0.25, 0.3) is 6.08 Å². The predicted molar refractivity (Wildman–Crippen MR) is 88.7 cm³/mol. The van der Waals surface area contributed by atoms with Gasteiger partial charge in [0, 0.05) is 6.08 Å². The number of hydrogen-bond donors (Lipinski definition) is 1. The SMILES string of the molecule is COc1cc(C=CC(=O)Nc2ccccc2C(F)(F)F)ccc1OC(F)F. The maximum Gasteiger partial charge on any atom is 0.418 e. The lowest BCUT2D eigenvalue weighted by Crippen LogP contribution is -2.14. The van der Waals surface area contributed by atoms with Crippen LogP contribution >= 0.6 is 0 Å². The molecule has 2 rings (SSSR count). The molecule has 9 heteroatoms. The van der Waals surface area contributed by atoms with Crippen molar-refractivity contribution in [3.8, 4) is 11.5 Å². The fourth-order valence-electron chi connectivity index (χ4n) is 2.17. The lowest BCUT2D eigenvalue weighted by Gasteiger charge is -2.12. The second-order valence-corrected chi connectivity index (χ2v) is 5.15. The number of carbonyl (C=O) groups is 1. The van der Waals surface area contributed by atoms with E-state index in [1.54, 1.807) is 0 Å². The molecule has 4 nitrogen and oxygen atoms in total. The van der Waals surface area contributed by atoms with Crippen LogP contribution in [-0.2, 0) is 11.0 Å². The first kappa shape index (κ1) is 20.2. The van der Waals surface area contributed by atoms with Gasteiger partial charge in [-0.2, -0.15) is 22.0 Å². The number of alkyl halides is 5. The predicted octanol–water partition coefficient (Wildman–Crippen LogP) is 4.97. The number of ether oxygens (including phenoxy) is 2. The van der Waals surface area contributed by atoms with Crippen LogP contribution in [0.15, 0.2) is 48.5 Å². The van der Waals surface area contributed by atoms with Gasteiger partial charge in [-0.25, -0.2) is 0 Å². The normalized spacial score (nSPS) is 11.7. The summed E-state index contributed by atoms with van der Waals surface area (Å²) < 4.78 is 72.5. The Balaban J connectivity index is 2.14. The third kappa shape index (κ3) is 5.70. The molecule has 0 radical (unpaired) electrons. The van der Waals surface area contributed by atoms with Crippen molar-refractivity contribution in [1.82, 2.24) is 0 Å². The van der Waals surface area contributed by atoms with E-state index in [2.05, 4.69) is 10.1 Å². The summed E-state index contributed by atoms with van der Waals surface area (Å²) >= 11 is 0. The molecule has 0 atom stereocenters. The molecule has 0 heterocycles. The van der Waals surface area contributed by atoms with Crippen molar-refractivity contribution in [2.75, 3.05) is 12.4 Å². The van der Waals surface area contributed by atoms with Crippen molar-refractivity contribution in [1.29, 1.82) is 0 Å². The second kappa shape index (κ2) is 8.52. The Kier molecular flexibility index (Phi) is 6.38. The van der Waals surface area contributed by atoms with E-state index in [1.807, 2.05) is 0 Å². The lowest BCUT2D eigenvalue weighted by atomic mass is 10.1. The highest BCUT2D eigenvalue weighted by Crippen LogP contribution is 2.34. The van der Waals surface area contributed by atoms with Crippen molar-refractivity contribution in [3.63, 3.8) is 0 Å². The van der Waals surface area contributed by atoms with Crippen molar-refractivity contribution in [2.24, 2.45) is 0 Å². The Morgan fingerprint density at radius 1 is 1.11 bits per heavy atom. The topological polar surface area (TPSA) is 47.6 Å². The van der Waals surface area contributed by atoms with Crippen molar-refractivity contribution < 1.29 is 36.2 Å². The van der Waals surface area contributed by atoms with Gasteiger partial charge < -0.3 is 14.8 Å². The number of hydrogen-bond acceptors (Lipinski definition) is 3. The van der Waals surface area contributed by atoms with Gasteiger partial charge in [0.1, 0.15) is 0 Å². The number of amides is 1. The third-order valence-electron chi connectivity index (χ3n) is 3.32. The number of nitrogens with one attached hydrogen (secondary N) is 1. The molecular weight excluding hydrogens is 373 g/mol. The van der Waals surface area contributed by atoms with E-state index in [1.165, 1.54) is 43.5 Å². The molecule has 0 aromatic heterocycles. The number of para-hydroxylation sites is 1. The summed E-state index contributed by atoms with van der Waals surface area (Å²) in [4.78, 5) is 11.9. The van der Waals surface area contributed by atoms with Crippen LogP contribution in [0.3, 0.4) is 0 Å². The molecule has 2 aromatic rings. The van der Waals surface area contributed by atoms with Gasteiger partial charge in [-0.15, -0.1) is 0 Å². The number of carbonyl (C=O) groups excluding carboxylic acids is 1. The Bertz CT molecular complexity index is 834. The molecule has 2 aromatic carbocycles. The van der Waals surface area contributed by atoms with Gasteiger partial charge in [-0.1, -0.05) is 18.2 Å². The molecule has 1 amide bonds. The smallest absolute Gasteiger partial charge is 0.418 e. The molecule has 0 spiro atoms. The Labute approximate surface area is 151 Å². The fourth-order valence-corrected chi connectivity index (χ4v) is 2.17. The van der Waals surface area contributed by atoms with Crippen LogP contribution in [0.1, 0.15) is 11.1 Å². The molecule has 0 aliphatic heterocycles. The van der Waals surface area contributed by atoms with Gasteiger partial charge >= 0.3 is 12.8 Å². The van der Waals surface area contributed by atoms with E-state index in [0.29, 0.717) is 5.56 Å². The zero-order chi connectivity index (χ0) is 20.0. The molecule has 0 bridgehead atoms. The largest absolute Gasteiger partial charge is 0.493 e. The maximum absolute atomic E-state index is 12.9. The summed E-state index contributed by atoms with van der Waals surface area (Å²) in [5.74, 6) is -0.966. The standard InChI is InChI=1S/C18H14F5NO3/c1-26-15-10-11(6-8-14(15)27-17(19)20)7-9-16(25)24-13-5-3-2-4-12(13)18(21,22)23/h2-10,17H,1H3,(H,24,25). The Hall–Kier alpha value is -3.10. The van der Waals surface area contributed by atoms with Crippen molar-refractivity contribution >= 4 is 17.7 Å². The molecule has 1 N–H and O–H groups in total. The van der Waals surface area contributed by atoms with E-state index >= 15 is 0 Å². The summed E-state index contributed by atoms with van der Waals surface area (Å²) in [7, 11) is 1.25. The van der Waals surface area contributed by atoms with Gasteiger partial charge in [0.05, 0.1) is 18.4 Å². The number of halogens is 5. The van der Waals surface area contributed by atoms with Crippen LogP contribution in [0.5, 0.6) is 11.5 Å². The number of rotatable bonds is 6. The Morgan fingerprint density at radius 3 is 2.44 bits per heavy atom. The molecule has 144 valence electrons. The van der Waals surface area contributed by atoms with E-state index < -0.39 is 24.3 Å². The summed E-state index contributed by atoms with van der Waals surface area (Å²) in [6, 6.07) is 8.51. The van der Waals surface area contributed by atoms with Gasteiger partial charge in [0.2, 0.25) is 5.91 Å². The monoisotopic (exact) mass is 387 g/mol. The third-order valence-corrected chi connectivity index (χ3v) is 3.32. The van der Waals surface area contributed by atoms with Gasteiger partial charge in [-0.05, 0) is 35.9 Å². The maximum atomic E-state index is 12.9. The van der Waals surface area contributed by atoms with Gasteiger partial charge in [0.25, 0.3) is 0 Å². The summed E-state index contributed by atoms with van der Waals surface area (Å²) in [5.41, 5.74) is -0.951. The summed E-state index contributed by atoms with van der Waals surface area (Å²) in [5, 5.41) is 2.15. The van der Waals surface area contributed by atoms with Crippen molar-refractivity contribution in [3.05, 3.63) is 59.7 Å². The molecule has 0 aliphatic rings. The highest BCUT2D eigenvalue weighted by atomic mass is 19.4. The second-order valence-electron chi connectivity index (χ2n) is 5.15. The average Bonchev–Trinajstić information content (AvgIpc) is 2.60. The summed E-state index contributed by atoms with van der Waals surface area (Å²) in [6.45, 7) is -3.03. The minimum Gasteiger partial charge on any atom is -0.493 e. The van der Waals surface area contributed by atoms with Crippen LogP contribution in [0.2, 0.25) is 0 Å². The Morgan fingerprint density at radius 2 is 1.81 bits per heavy atom. The van der Waals surface area contributed by atoms with E-state index in [-0.39, 0.29) is 17.2 Å². The van der Waals surface area contributed by atoms with E-state index in [0.717, 1.165) is 18.2 Å². The van der Waals surface area contributed by atoms with Crippen LogP contribution in [0.4, 0.5) is 27.6 Å². The molecular formula is C18H14F5NO3. The first-order valence-corrected chi connectivity index (χ1v) is 7.49. The van der Waals surface area contributed by atoms with Crippen molar-refractivity contribution in [2.45, 2.75) is 12.8 Å². The molecule has 0 saturated carbocycles. The zero-order valence-electron chi connectivity index (χ0n) is 13.9. The highest BCUT2D eigenvalue weighted by molar-refractivity contribution is 6.02. The first-order chi connectivity index (χ1) is 12.7. The number of benzene rings is 2. The van der Waals surface area contributed by atoms with E-state index in [9.17, 15) is 26.7 Å². The minimum absolute atomic E-state index is 0.0141.